The molecule has 2 rings (SSSR count). The molecule has 0 spiro atoms. The van der Waals surface area contributed by atoms with Crippen LogP contribution in [0, 0.1) is 10.1 Å². The van der Waals surface area contributed by atoms with Crippen LogP contribution in [0.2, 0.25) is 0 Å². The van der Waals surface area contributed by atoms with E-state index in [0.29, 0.717) is 5.39 Å². The zero-order chi connectivity index (χ0) is 10.8. The van der Waals surface area contributed by atoms with Crippen LogP contribution in [0.1, 0.15) is 5.56 Å². The van der Waals surface area contributed by atoms with Gasteiger partial charge in [0.25, 0.3) is 5.69 Å². The van der Waals surface area contributed by atoms with Crippen molar-refractivity contribution >= 4 is 22.5 Å². The Morgan fingerprint density at radius 3 is 2.80 bits per heavy atom. The molecule has 0 aliphatic heterocycles. The summed E-state index contributed by atoms with van der Waals surface area (Å²) >= 11 is 0. The lowest BCUT2D eigenvalue weighted by molar-refractivity contribution is -0.383. The molecule has 15 heavy (non-hydrogen) atoms. The molecule has 4 heteroatoms. The third-order valence-corrected chi connectivity index (χ3v) is 2.25. The molecule has 0 saturated heterocycles. The van der Waals surface area contributed by atoms with Crippen molar-refractivity contribution in [2.75, 3.05) is 0 Å². The molecule has 0 aliphatic carbocycles. The van der Waals surface area contributed by atoms with Gasteiger partial charge in [-0.3, -0.25) is 15.1 Å². The number of non-ortho nitro benzene ring substituents is 1. The maximum atomic E-state index is 10.8. The molecule has 0 fully saturated rings. The molecule has 1 aromatic carbocycles. The van der Waals surface area contributed by atoms with Gasteiger partial charge in [-0.05, 0) is 17.7 Å². The number of hydrogen-bond acceptors (Lipinski definition) is 3. The molecule has 74 valence electrons. The minimum absolute atomic E-state index is 0.0954. The van der Waals surface area contributed by atoms with E-state index in [2.05, 4.69) is 11.6 Å². The number of benzene rings is 1. The van der Waals surface area contributed by atoms with Gasteiger partial charge < -0.3 is 0 Å². The van der Waals surface area contributed by atoms with Crippen LogP contribution < -0.4 is 0 Å². The standard InChI is InChI=1S/C11H8N2O2/c1-2-8-3-4-11(13(14)15)9-5-6-12-7-10(8)9/h2-7H,1H2. The predicted molar refractivity (Wildman–Crippen MR) is 58.5 cm³/mol. The monoisotopic (exact) mass is 200 g/mol. The third-order valence-electron chi connectivity index (χ3n) is 2.25. The Morgan fingerprint density at radius 2 is 2.13 bits per heavy atom. The van der Waals surface area contributed by atoms with Crippen LogP contribution in [0.3, 0.4) is 0 Å². The van der Waals surface area contributed by atoms with Gasteiger partial charge in [-0.1, -0.05) is 12.7 Å². The van der Waals surface area contributed by atoms with Gasteiger partial charge in [-0.15, -0.1) is 0 Å². The van der Waals surface area contributed by atoms with Gasteiger partial charge in [-0.25, -0.2) is 0 Å². The molecule has 0 unspecified atom stereocenters. The van der Waals surface area contributed by atoms with Crippen molar-refractivity contribution in [3.8, 4) is 0 Å². The highest BCUT2D eigenvalue weighted by molar-refractivity contribution is 5.95. The summed E-state index contributed by atoms with van der Waals surface area (Å²) in [5, 5.41) is 12.1. The summed E-state index contributed by atoms with van der Waals surface area (Å²) in [5.74, 6) is 0. The second-order valence-corrected chi connectivity index (χ2v) is 3.06. The molecule has 0 aliphatic rings. The molecular formula is C11H8N2O2. The number of rotatable bonds is 2. The molecular weight excluding hydrogens is 192 g/mol. The number of pyridine rings is 1. The van der Waals surface area contributed by atoms with Gasteiger partial charge in [0.05, 0.1) is 10.3 Å². The van der Waals surface area contributed by atoms with E-state index in [4.69, 9.17) is 0 Å². The second kappa shape index (κ2) is 3.49. The lowest BCUT2D eigenvalue weighted by Gasteiger charge is -2.01. The van der Waals surface area contributed by atoms with Crippen molar-refractivity contribution in [2.24, 2.45) is 0 Å². The lowest BCUT2D eigenvalue weighted by atomic mass is 10.1. The minimum Gasteiger partial charge on any atom is -0.264 e. The van der Waals surface area contributed by atoms with Crippen LogP contribution in [0.5, 0.6) is 0 Å². The highest BCUT2D eigenvalue weighted by Gasteiger charge is 2.12. The van der Waals surface area contributed by atoms with Crippen molar-refractivity contribution < 1.29 is 4.92 Å². The normalized spacial score (nSPS) is 10.1. The molecule has 1 aromatic heterocycles. The van der Waals surface area contributed by atoms with Crippen LogP contribution >= 0.6 is 0 Å². The highest BCUT2D eigenvalue weighted by Crippen LogP contribution is 2.27. The Hall–Kier alpha value is -2.23. The number of nitro groups is 1. The maximum absolute atomic E-state index is 10.8. The number of nitro benzene ring substituents is 1. The number of nitrogens with zero attached hydrogens (tertiary/aromatic N) is 2. The summed E-state index contributed by atoms with van der Waals surface area (Å²) in [6.07, 6.45) is 4.81. The fraction of sp³-hybridized carbons (Fsp3) is 0. The maximum Gasteiger partial charge on any atom is 0.277 e. The second-order valence-electron chi connectivity index (χ2n) is 3.06. The third kappa shape index (κ3) is 1.46. The zero-order valence-electron chi connectivity index (χ0n) is 7.88. The van der Waals surface area contributed by atoms with E-state index in [0.717, 1.165) is 10.9 Å². The van der Waals surface area contributed by atoms with E-state index < -0.39 is 4.92 Å². The highest BCUT2D eigenvalue weighted by atomic mass is 16.6. The Kier molecular flexibility index (Phi) is 2.17. The number of fused-ring (bicyclic) bond motifs is 1. The van der Waals surface area contributed by atoms with Crippen LogP contribution in [0.25, 0.3) is 16.8 Å². The van der Waals surface area contributed by atoms with E-state index in [1.807, 2.05) is 0 Å². The van der Waals surface area contributed by atoms with Crippen molar-refractivity contribution in [1.82, 2.24) is 4.98 Å². The molecule has 0 saturated carbocycles. The predicted octanol–water partition coefficient (Wildman–Crippen LogP) is 2.79. The summed E-state index contributed by atoms with van der Waals surface area (Å²) in [6, 6.07) is 4.80. The van der Waals surface area contributed by atoms with Gasteiger partial charge in [-0.2, -0.15) is 0 Å². The largest absolute Gasteiger partial charge is 0.277 e. The molecule has 2 aromatic rings. The summed E-state index contributed by atoms with van der Waals surface area (Å²) in [4.78, 5) is 14.3. The molecule has 0 N–H and O–H groups in total. The van der Waals surface area contributed by atoms with Gasteiger partial charge >= 0.3 is 0 Å². The van der Waals surface area contributed by atoms with Gasteiger partial charge in [0.2, 0.25) is 0 Å². The Morgan fingerprint density at radius 1 is 1.33 bits per heavy atom. The van der Waals surface area contributed by atoms with Crippen LogP contribution in [-0.4, -0.2) is 9.91 Å². The molecule has 0 amide bonds. The molecule has 0 radical (unpaired) electrons. The molecule has 4 nitrogen and oxygen atoms in total. The van der Waals surface area contributed by atoms with Gasteiger partial charge in [0.1, 0.15) is 0 Å². The van der Waals surface area contributed by atoms with E-state index in [1.165, 1.54) is 6.07 Å². The number of aromatic nitrogens is 1. The fourth-order valence-electron chi connectivity index (χ4n) is 1.53. The van der Waals surface area contributed by atoms with E-state index >= 15 is 0 Å². The minimum atomic E-state index is -0.394. The fourth-order valence-corrected chi connectivity index (χ4v) is 1.53. The molecule has 0 atom stereocenters. The zero-order valence-corrected chi connectivity index (χ0v) is 7.88. The van der Waals surface area contributed by atoms with Crippen molar-refractivity contribution in [1.29, 1.82) is 0 Å². The Bertz CT molecular complexity index is 549. The lowest BCUT2D eigenvalue weighted by Crippen LogP contribution is -1.91. The Balaban J connectivity index is 2.89. The summed E-state index contributed by atoms with van der Waals surface area (Å²) < 4.78 is 0. The summed E-state index contributed by atoms with van der Waals surface area (Å²) in [5.41, 5.74) is 0.946. The first-order chi connectivity index (χ1) is 7.24. The smallest absolute Gasteiger partial charge is 0.264 e. The topological polar surface area (TPSA) is 56.0 Å². The van der Waals surface area contributed by atoms with Crippen molar-refractivity contribution in [3.05, 3.63) is 52.8 Å². The van der Waals surface area contributed by atoms with Crippen LogP contribution in [0.4, 0.5) is 5.69 Å². The van der Waals surface area contributed by atoms with Crippen molar-refractivity contribution in [2.45, 2.75) is 0 Å². The Labute approximate surface area is 86.0 Å². The van der Waals surface area contributed by atoms with E-state index in [1.54, 1.807) is 30.6 Å². The van der Waals surface area contributed by atoms with Crippen LogP contribution in [0.15, 0.2) is 37.2 Å². The summed E-state index contributed by atoms with van der Waals surface area (Å²) in [6.45, 7) is 3.66. The first kappa shape index (κ1) is 9.33. The van der Waals surface area contributed by atoms with E-state index in [9.17, 15) is 10.1 Å². The van der Waals surface area contributed by atoms with E-state index in [-0.39, 0.29) is 5.69 Å². The molecule has 0 bridgehead atoms. The van der Waals surface area contributed by atoms with Gasteiger partial charge in [0, 0.05) is 23.8 Å². The quantitative estimate of drug-likeness (QED) is 0.553. The average Bonchev–Trinajstić information content (AvgIpc) is 2.27. The van der Waals surface area contributed by atoms with Gasteiger partial charge in [0.15, 0.2) is 0 Å². The first-order valence-electron chi connectivity index (χ1n) is 4.37. The van der Waals surface area contributed by atoms with Crippen molar-refractivity contribution in [3.63, 3.8) is 0 Å². The average molecular weight is 200 g/mol. The van der Waals surface area contributed by atoms with Crippen LogP contribution in [-0.2, 0) is 0 Å². The summed E-state index contributed by atoms with van der Waals surface area (Å²) in [7, 11) is 0. The molecule has 1 heterocycles. The number of hydrogen-bond donors (Lipinski definition) is 0. The first-order valence-corrected chi connectivity index (χ1v) is 4.37. The SMILES string of the molecule is C=Cc1ccc([N+](=O)[O-])c2ccncc12.